The molecule has 0 fully saturated rings. The molecule has 0 radical (unpaired) electrons. The highest BCUT2D eigenvalue weighted by molar-refractivity contribution is 5.92. The first kappa shape index (κ1) is 25.6. The minimum Gasteiger partial charge on any atom is -0.459 e. The second-order valence-corrected chi connectivity index (χ2v) is 8.15. The fourth-order valence-corrected chi connectivity index (χ4v) is 2.65. The summed E-state index contributed by atoms with van der Waals surface area (Å²) in [6.45, 7) is 8.24. The summed E-state index contributed by atoms with van der Waals surface area (Å²) in [5.74, 6) is -1.98. The van der Waals surface area contributed by atoms with Crippen molar-refractivity contribution in [3.05, 3.63) is 35.9 Å². The smallest absolute Gasteiger partial charge is 0.338 e. The van der Waals surface area contributed by atoms with Crippen LogP contribution in [-0.2, 0) is 25.7 Å². The van der Waals surface area contributed by atoms with Gasteiger partial charge in [-0.15, -0.1) is 0 Å². The standard InChI is InChI=1S/C22H34N2O6/c1-14(2)10-11-23-20(27)17(12-15(3)4)24-21(28)18(25)19(26)22(29)30-13-16-8-6-5-7-9-16/h5-9,14-15,17-19,25-26H,10-13H2,1-4H3,(H,23,27)(H,24,28)/t17-,18-,19-/m0/s1. The van der Waals surface area contributed by atoms with E-state index in [1.54, 1.807) is 30.3 Å². The van der Waals surface area contributed by atoms with Gasteiger partial charge in [0.1, 0.15) is 12.6 Å². The summed E-state index contributed by atoms with van der Waals surface area (Å²) in [4.78, 5) is 36.7. The van der Waals surface area contributed by atoms with Gasteiger partial charge in [-0.1, -0.05) is 58.0 Å². The Bertz CT molecular complexity index is 677. The zero-order valence-corrected chi connectivity index (χ0v) is 18.1. The Morgan fingerprint density at radius 2 is 1.57 bits per heavy atom. The third kappa shape index (κ3) is 9.37. The van der Waals surface area contributed by atoms with E-state index in [0.717, 1.165) is 6.42 Å². The number of nitrogens with one attached hydrogen (secondary N) is 2. The van der Waals surface area contributed by atoms with Crippen LogP contribution in [0.25, 0.3) is 0 Å². The highest BCUT2D eigenvalue weighted by atomic mass is 16.5. The van der Waals surface area contributed by atoms with Crippen LogP contribution in [0.3, 0.4) is 0 Å². The van der Waals surface area contributed by atoms with Gasteiger partial charge in [-0.05, 0) is 30.2 Å². The highest BCUT2D eigenvalue weighted by Crippen LogP contribution is 2.08. The molecule has 0 unspecified atom stereocenters. The summed E-state index contributed by atoms with van der Waals surface area (Å²) in [5, 5.41) is 25.2. The summed E-state index contributed by atoms with van der Waals surface area (Å²) < 4.78 is 4.95. The molecule has 0 heterocycles. The van der Waals surface area contributed by atoms with Crippen LogP contribution in [0.2, 0.25) is 0 Å². The van der Waals surface area contributed by atoms with Crippen molar-refractivity contribution in [3.63, 3.8) is 0 Å². The van der Waals surface area contributed by atoms with Gasteiger partial charge in [0.15, 0.2) is 12.2 Å². The van der Waals surface area contributed by atoms with Crippen molar-refractivity contribution in [3.8, 4) is 0 Å². The molecule has 2 amide bonds. The first-order valence-corrected chi connectivity index (χ1v) is 10.3. The molecular formula is C22H34N2O6. The molecule has 0 aliphatic heterocycles. The second kappa shape index (κ2) is 13.0. The van der Waals surface area contributed by atoms with Gasteiger partial charge in [0.25, 0.3) is 5.91 Å². The molecule has 0 aromatic heterocycles. The van der Waals surface area contributed by atoms with E-state index in [4.69, 9.17) is 4.74 Å². The summed E-state index contributed by atoms with van der Waals surface area (Å²) in [6, 6.07) is 7.92. The molecule has 30 heavy (non-hydrogen) atoms. The van der Waals surface area contributed by atoms with E-state index in [9.17, 15) is 24.6 Å². The van der Waals surface area contributed by atoms with Gasteiger partial charge < -0.3 is 25.6 Å². The van der Waals surface area contributed by atoms with Crippen molar-refractivity contribution in [2.45, 2.75) is 65.4 Å². The van der Waals surface area contributed by atoms with Crippen LogP contribution in [0, 0.1) is 11.8 Å². The minimum atomic E-state index is -2.06. The average molecular weight is 423 g/mol. The molecule has 8 heteroatoms. The monoisotopic (exact) mass is 422 g/mol. The number of esters is 1. The maximum absolute atomic E-state index is 12.4. The lowest BCUT2D eigenvalue weighted by Gasteiger charge is -2.23. The quantitative estimate of drug-likeness (QED) is 0.375. The van der Waals surface area contributed by atoms with Crippen LogP contribution in [0.1, 0.15) is 46.1 Å². The van der Waals surface area contributed by atoms with Crippen LogP contribution in [-0.4, -0.2) is 52.8 Å². The van der Waals surface area contributed by atoms with Crippen molar-refractivity contribution in [2.75, 3.05) is 6.54 Å². The Hall–Kier alpha value is -2.45. The number of amides is 2. The van der Waals surface area contributed by atoms with Gasteiger partial charge in [-0.3, -0.25) is 9.59 Å². The summed E-state index contributed by atoms with van der Waals surface area (Å²) in [5.41, 5.74) is 0.701. The average Bonchev–Trinajstić information content (AvgIpc) is 2.70. The van der Waals surface area contributed by atoms with Gasteiger partial charge in [-0.25, -0.2) is 4.79 Å². The molecule has 1 rings (SSSR count). The number of carbonyl (C=O) groups excluding carboxylic acids is 3. The number of ether oxygens (including phenoxy) is 1. The number of rotatable bonds is 12. The molecule has 3 atom stereocenters. The summed E-state index contributed by atoms with van der Waals surface area (Å²) in [6.07, 6.45) is -2.97. The van der Waals surface area contributed by atoms with Crippen molar-refractivity contribution < 1.29 is 29.3 Å². The molecule has 0 saturated carbocycles. The number of carbonyl (C=O) groups is 3. The van der Waals surface area contributed by atoms with Crippen molar-refractivity contribution in [1.82, 2.24) is 10.6 Å². The zero-order valence-electron chi connectivity index (χ0n) is 18.1. The van der Waals surface area contributed by atoms with E-state index in [1.165, 1.54) is 0 Å². The topological polar surface area (TPSA) is 125 Å². The van der Waals surface area contributed by atoms with Crippen molar-refractivity contribution >= 4 is 17.8 Å². The van der Waals surface area contributed by atoms with Crippen LogP contribution in [0.4, 0.5) is 0 Å². The van der Waals surface area contributed by atoms with E-state index in [0.29, 0.717) is 24.4 Å². The fraction of sp³-hybridized carbons (Fsp3) is 0.591. The van der Waals surface area contributed by atoms with Crippen molar-refractivity contribution in [2.24, 2.45) is 11.8 Å². The number of hydrogen-bond donors (Lipinski definition) is 4. The summed E-state index contributed by atoms with van der Waals surface area (Å²) >= 11 is 0. The van der Waals surface area contributed by atoms with Gasteiger partial charge >= 0.3 is 5.97 Å². The molecule has 4 N–H and O–H groups in total. The van der Waals surface area contributed by atoms with Gasteiger partial charge in [0, 0.05) is 6.54 Å². The molecule has 0 bridgehead atoms. The number of hydrogen-bond acceptors (Lipinski definition) is 6. The molecular weight excluding hydrogens is 388 g/mol. The maximum Gasteiger partial charge on any atom is 0.338 e. The Balaban J connectivity index is 2.62. The fourth-order valence-electron chi connectivity index (χ4n) is 2.65. The van der Waals surface area contributed by atoms with Gasteiger partial charge in [0.05, 0.1) is 0 Å². The molecule has 8 nitrogen and oxygen atoms in total. The first-order valence-electron chi connectivity index (χ1n) is 10.3. The van der Waals surface area contributed by atoms with Crippen LogP contribution in [0.15, 0.2) is 30.3 Å². The van der Waals surface area contributed by atoms with Crippen molar-refractivity contribution in [1.29, 1.82) is 0 Å². The lowest BCUT2D eigenvalue weighted by atomic mass is 10.0. The molecule has 0 spiro atoms. The van der Waals surface area contributed by atoms with E-state index >= 15 is 0 Å². The molecule has 0 saturated heterocycles. The highest BCUT2D eigenvalue weighted by Gasteiger charge is 2.34. The largest absolute Gasteiger partial charge is 0.459 e. The Labute approximate surface area is 178 Å². The molecule has 1 aromatic rings. The van der Waals surface area contributed by atoms with Gasteiger partial charge in [-0.2, -0.15) is 0 Å². The zero-order chi connectivity index (χ0) is 22.7. The molecule has 0 aliphatic rings. The number of benzene rings is 1. The SMILES string of the molecule is CC(C)CCNC(=O)[C@H](CC(C)C)NC(=O)[C@@H](O)[C@H](O)C(=O)OCc1ccccc1. The minimum absolute atomic E-state index is 0.0979. The van der Waals surface area contributed by atoms with E-state index in [-0.39, 0.29) is 18.4 Å². The lowest BCUT2D eigenvalue weighted by Crippen LogP contribution is -2.53. The van der Waals surface area contributed by atoms with Gasteiger partial charge in [0.2, 0.25) is 5.91 Å². The summed E-state index contributed by atoms with van der Waals surface area (Å²) in [7, 11) is 0. The molecule has 1 aromatic carbocycles. The second-order valence-electron chi connectivity index (χ2n) is 8.15. The Morgan fingerprint density at radius 1 is 0.933 bits per heavy atom. The number of aliphatic hydroxyl groups excluding tert-OH is 2. The molecule has 0 aliphatic carbocycles. The van der Waals surface area contributed by atoms with Crippen LogP contribution >= 0.6 is 0 Å². The van der Waals surface area contributed by atoms with Crippen LogP contribution in [0.5, 0.6) is 0 Å². The predicted molar refractivity (Wildman–Crippen MR) is 112 cm³/mol. The van der Waals surface area contributed by atoms with E-state index in [2.05, 4.69) is 10.6 Å². The van der Waals surface area contributed by atoms with E-state index < -0.39 is 30.1 Å². The Kier molecular flexibility index (Phi) is 11.1. The van der Waals surface area contributed by atoms with E-state index in [1.807, 2.05) is 27.7 Å². The number of aliphatic hydroxyl groups is 2. The normalized spacial score (nSPS) is 14.1. The maximum atomic E-state index is 12.4. The Morgan fingerprint density at radius 3 is 2.13 bits per heavy atom. The first-order chi connectivity index (χ1) is 14.1. The third-order valence-corrected chi connectivity index (χ3v) is 4.39. The van der Waals surface area contributed by atoms with Crippen LogP contribution < -0.4 is 10.6 Å². The third-order valence-electron chi connectivity index (χ3n) is 4.39. The molecule has 168 valence electrons. The lowest BCUT2D eigenvalue weighted by molar-refractivity contribution is -0.165. The predicted octanol–water partition coefficient (Wildman–Crippen LogP) is 1.14.